The average Bonchev–Trinajstić information content (AvgIpc) is 3.29. The summed E-state index contributed by atoms with van der Waals surface area (Å²) in [7, 11) is 0. The van der Waals surface area contributed by atoms with E-state index < -0.39 is 0 Å². The van der Waals surface area contributed by atoms with Gasteiger partial charge in [0.15, 0.2) is 0 Å². The highest BCUT2D eigenvalue weighted by Crippen LogP contribution is 2.38. The predicted octanol–water partition coefficient (Wildman–Crippen LogP) is 4.21. The summed E-state index contributed by atoms with van der Waals surface area (Å²) in [6, 6.07) is 17.0. The molecule has 0 spiro atoms. The maximum atomic E-state index is 4.14. The molecular formula is C20H16N4. The van der Waals surface area contributed by atoms with Crippen molar-refractivity contribution in [1.82, 2.24) is 14.5 Å². The molecule has 5 rings (SSSR count). The van der Waals surface area contributed by atoms with E-state index >= 15 is 0 Å². The Morgan fingerprint density at radius 1 is 1.04 bits per heavy atom. The van der Waals surface area contributed by atoms with Crippen molar-refractivity contribution in [3.05, 3.63) is 84.5 Å². The van der Waals surface area contributed by atoms with E-state index in [9.17, 15) is 0 Å². The van der Waals surface area contributed by atoms with Gasteiger partial charge in [-0.2, -0.15) is 0 Å². The molecular weight excluding hydrogens is 296 g/mol. The molecule has 0 aliphatic carbocycles. The number of aromatic nitrogens is 3. The highest BCUT2D eigenvalue weighted by atomic mass is 15.0. The molecule has 0 fully saturated rings. The Kier molecular flexibility index (Phi) is 2.82. The number of benzene rings is 2. The smallest absolute Gasteiger partial charge is 0.112 e. The molecule has 0 amide bonds. The summed E-state index contributed by atoms with van der Waals surface area (Å²) in [5.74, 6) is 1.10. The van der Waals surface area contributed by atoms with Crippen molar-refractivity contribution >= 4 is 22.3 Å². The van der Waals surface area contributed by atoms with Crippen molar-refractivity contribution in [2.24, 2.45) is 0 Å². The molecule has 4 aromatic rings. The Labute approximate surface area is 139 Å². The zero-order valence-electron chi connectivity index (χ0n) is 13.0. The van der Waals surface area contributed by atoms with Crippen LogP contribution in [0.4, 0.5) is 5.82 Å². The molecule has 3 heterocycles. The lowest BCUT2D eigenvalue weighted by Crippen LogP contribution is -2.08. The number of nitrogens with one attached hydrogen (secondary N) is 2. The van der Waals surface area contributed by atoms with Gasteiger partial charge in [-0.3, -0.25) is 0 Å². The van der Waals surface area contributed by atoms with Gasteiger partial charge in [-0.05, 0) is 29.3 Å². The molecule has 0 saturated heterocycles. The summed E-state index contributed by atoms with van der Waals surface area (Å²) in [5.41, 5.74) is 6.01. The van der Waals surface area contributed by atoms with Gasteiger partial charge in [0.05, 0.1) is 6.33 Å². The molecule has 4 heteroatoms. The van der Waals surface area contributed by atoms with Gasteiger partial charge >= 0.3 is 0 Å². The van der Waals surface area contributed by atoms with Crippen LogP contribution < -0.4 is 5.32 Å². The molecule has 1 aliphatic rings. The van der Waals surface area contributed by atoms with Gasteiger partial charge in [0.25, 0.3) is 0 Å². The Hall–Kier alpha value is -3.27. The van der Waals surface area contributed by atoms with E-state index in [2.05, 4.69) is 69.9 Å². The molecule has 2 aromatic carbocycles. The van der Waals surface area contributed by atoms with Crippen LogP contribution in [0.2, 0.25) is 0 Å². The van der Waals surface area contributed by atoms with Gasteiger partial charge in [0.2, 0.25) is 0 Å². The van der Waals surface area contributed by atoms with Crippen LogP contribution >= 0.6 is 0 Å². The number of hydrogen-bond donors (Lipinski definition) is 2. The topological polar surface area (TPSA) is 45.6 Å². The first-order valence-corrected chi connectivity index (χ1v) is 8.04. The number of H-pyrrole nitrogens is 1. The zero-order chi connectivity index (χ0) is 15.9. The number of imidazole rings is 1. The first-order chi connectivity index (χ1) is 11.9. The van der Waals surface area contributed by atoms with E-state index in [1.54, 1.807) is 6.20 Å². The van der Waals surface area contributed by atoms with Gasteiger partial charge in [0, 0.05) is 41.1 Å². The maximum Gasteiger partial charge on any atom is 0.112 e. The Morgan fingerprint density at radius 3 is 2.92 bits per heavy atom. The van der Waals surface area contributed by atoms with Crippen LogP contribution in [0, 0.1) is 0 Å². The van der Waals surface area contributed by atoms with E-state index in [1.165, 1.54) is 22.1 Å². The van der Waals surface area contributed by atoms with Crippen molar-refractivity contribution in [2.45, 2.75) is 0 Å². The van der Waals surface area contributed by atoms with E-state index in [0.29, 0.717) is 0 Å². The Balaban J connectivity index is 1.69. The number of para-hydroxylation sites is 1. The van der Waals surface area contributed by atoms with Gasteiger partial charge in [-0.1, -0.05) is 36.4 Å². The maximum absolute atomic E-state index is 4.14. The standard InChI is InChI=1S/C20H16N4/c1-2-7-18-17(6-1)19-16(8-9-22-20(19)23-18)14-4-3-5-15(12-14)24-11-10-21-13-24/h1-8,10-13,22-23H,9H2. The molecule has 0 unspecified atom stereocenters. The van der Waals surface area contributed by atoms with Gasteiger partial charge in [0.1, 0.15) is 5.82 Å². The zero-order valence-corrected chi connectivity index (χ0v) is 13.0. The van der Waals surface area contributed by atoms with E-state index in [-0.39, 0.29) is 0 Å². The molecule has 0 bridgehead atoms. The van der Waals surface area contributed by atoms with Crippen molar-refractivity contribution in [2.75, 3.05) is 11.9 Å². The fourth-order valence-corrected chi connectivity index (χ4v) is 3.42. The summed E-state index contributed by atoms with van der Waals surface area (Å²) in [6.07, 6.45) is 7.85. The number of anilines is 1. The fourth-order valence-electron chi connectivity index (χ4n) is 3.42. The van der Waals surface area contributed by atoms with Crippen molar-refractivity contribution < 1.29 is 0 Å². The number of nitrogens with zero attached hydrogens (tertiary/aromatic N) is 2. The van der Waals surface area contributed by atoms with Crippen LogP contribution in [0.5, 0.6) is 0 Å². The first kappa shape index (κ1) is 13.2. The van der Waals surface area contributed by atoms with E-state index in [1.807, 2.05) is 17.1 Å². The monoisotopic (exact) mass is 312 g/mol. The Morgan fingerprint density at radius 2 is 2.00 bits per heavy atom. The summed E-state index contributed by atoms with van der Waals surface area (Å²) in [6.45, 7) is 0.824. The van der Waals surface area contributed by atoms with Crippen LogP contribution in [0.15, 0.2) is 73.3 Å². The minimum atomic E-state index is 0.824. The lowest BCUT2D eigenvalue weighted by atomic mass is 9.94. The van der Waals surface area contributed by atoms with Crippen LogP contribution in [0.25, 0.3) is 22.2 Å². The van der Waals surface area contributed by atoms with Gasteiger partial charge in [-0.15, -0.1) is 0 Å². The average molecular weight is 312 g/mol. The van der Waals surface area contributed by atoms with Crippen LogP contribution in [0.3, 0.4) is 0 Å². The van der Waals surface area contributed by atoms with Gasteiger partial charge < -0.3 is 14.9 Å². The highest BCUT2D eigenvalue weighted by Gasteiger charge is 2.19. The van der Waals surface area contributed by atoms with Crippen molar-refractivity contribution in [3.63, 3.8) is 0 Å². The molecule has 2 N–H and O–H groups in total. The van der Waals surface area contributed by atoms with Crippen LogP contribution in [-0.4, -0.2) is 21.1 Å². The molecule has 1 aliphatic heterocycles. The second-order valence-electron chi connectivity index (χ2n) is 5.94. The number of fused-ring (bicyclic) bond motifs is 3. The van der Waals surface area contributed by atoms with Crippen LogP contribution in [-0.2, 0) is 0 Å². The number of hydrogen-bond acceptors (Lipinski definition) is 2. The minimum Gasteiger partial charge on any atom is -0.368 e. The molecule has 0 radical (unpaired) electrons. The molecule has 0 saturated carbocycles. The largest absolute Gasteiger partial charge is 0.368 e. The van der Waals surface area contributed by atoms with Crippen molar-refractivity contribution in [3.8, 4) is 5.69 Å². The summed E-state index contributed by atoms with van der Waals surface area (Å²) in [4.78, 5) is 7.63. The molecule has 0 atom stereocenters. The number of rotatable bonds is 2. The molecule has 116 valence electrons. The normalized spacial score (nSPS) is 13.4. The summed E-state index contributed by atoms with van der Waals surface area (Å²) in [5, 5.41) is 4.70. The summed E-state index contributed by atoms with van der Waals surface area (Å²) < 4.78 is 2.03. The SMILES string of the molecule is C1=C(c2cccc(-n3ccnc3)c2)c2c([nH]c3ccccc23)NC1. The van der Waals surface area contributed by atoms with Gasteiger partial charge in [-0.25, -0.2) is 4.98 Å². The third-order valence-corrected chi connectivity index (χ3v) is 4.52. The Bertz CT molecular complexity index is 1050. The molecule has 4 nitrogen and oxygen atoms in total. The van der Waals surface area contributed by atoms with E-state index in [0.717, 1.165) is 23.6 Å². The third kappa shape index (κ3) is 1.97. The fraction of sp³-hybridized carbons (Fsp3) is 0.0500. The highest BCUT2D eigenvalue weighted by molar-refractivity contribution is 6.03. The van der Waals surface area contributed by atoms with Crippen LogP contribution in [0.1, 0.15) is 11.1 Å². The number of aromatic amines is 1. The molecule has 24 heavy (non-hydrogen) atoms. The van der Waals surface area contributed by atoms with Crippen molar-refractivity contribution in [1.29, 1.82) is 0 Å². The third-order valence-electron chi connectivity index (χ3n) is 4.52. The quantitative estimate of drug-likeness (QED) is 0.582. The molecule has 2 aromatic heterocycles. The predicted molar refractivity (Wildman–Crippen MR) is 97.4 cm³/mol. The summed E-state index contributed by atoms with van der Waals surface area (Å²) >= 11 is 0. The lowest BCUT2D eigenvalue weighted by Gasteiger charge is -2.17. The second-order valence-corrected chi connectivity index (χ2v) is 5.94. The first-order valence-electron chi connectivity index (χ1n) is 8.04. The van der Waals surface area contributed by atoms with E-state index in [4.69, 9.17) is 0 Å². The minimum absolute atomic E-state index is 0.824. The lowest BCUT2D eigenvalue weighted by molar-refractivity contribution is 1.06. The second kappa shape index (κ2) is 5.13.